The number of carbonyl (C=O) groups is 2. The van der Waals surface area contributed by atoms with E-state index in [9.17, 15) is 14.7 Å². The molecule has 32 heavy (non-hydrogen) atoms. The third kappa shape index (κ3) is 4.54. The Morgan fingerprint density at radius 3 is 2.38 bits per heavy atom. The fourth-order valence-electron chi connectivity index (χ4n) is 5.34. The second kappa shape index (κ2) is 8.41. The van der Waals surface area contributed by atoms with E-state index in [0.717, 1.165) is 29.8 Å². The smallest absolute Gasteiger partial charge is 0.407 e. The van der Waals surface area contributed by atoms with Crippen LogP contribution in [-0.2, 0) is 4.79 Å². The molecule has 0 spiro atoms. The number of benzene rings is 1. The van der Waals surface area contributed by atoms with Crippen molar-refractivity contribution in [3.8, 4) is 17.1 Å². The first-order valence-electron chi connectivity index (χ1n) is 11.0. The molecular formula is C24H30N4O4. The Kier molecular flexibility index (Phi) is 5.79. The lowest BCUT2D eigenvalue weighted by Crippen LogP contribution is -2.45. The summed E-state index contributed by atoms with van der Waals surface area (Å²) in [6.45, 7) is 8.37. The summed E-state index contributed by atoms with van der Waals surface area (Å²) >= 11 is 0. The molecule has 1 aromatic heterocycles. The van der Waals surface area contributed by atoms with Gasteiger partial charge in [-0.15, -0.1) is 10.2 Å². The van der Waals surface area contributed by atoms with E-state index in [2.05, 4.69) is 36.3 Å². The highest BCUT2D eigenvalue weighted by Gasteiger charge is 2.53. The third-order valence-electron chi connectivity index (χ3n) is 6.44. The van der Waals surface area contributed by atoms with E-state index in [0.29, 0.717) is 24.3 Å². The average Bonchev–Trinajstić information content (AvgIpc) is 3.25. The van der Waals surface area contributed by atoms with Gasteiger partial charge in [0.05, 0.1) is 5.69 Å². The van der Waals surface area contributed by atoms with Gasteiger partial charge in [0.1, 0.15) is 6.10 Å². The van der Waals surface area contributed by atoms with E-state index in [1.54, 1.807) is 4.90 Å². The Morgan fingerprint density at radius 2 is 1.81 bits per heavy atom. The first-order valence-corrected chi connectivity index (χ1v) is 11.0. The minimum absolute atomic E-state index is 0.00692. The topological polar surface area (TPSA) is 105 Å². The van der Waals surface area contributed by atoms with Gasteiger partial charge in [0, 0.05) is 36.8 Å². The third-order valence-corrected chi connectivity index (χ3v) is 6.44. The molecule has 0 radical (unpaired) electrons. The van der Waals surface area contributed by atoms with Gasteiger partial charge < -0.3 is 20.1 Å². The molecule has 8 heteroatoms. The quantitative estimate of drug-likeness (QED) is 0.738. The number of ether oxygens (including phenoxy) is 1. The Hall–Kier alpha value is -3.16. The zero-order valence-electron chi connectivity index (χ0n) is 18.9. The average molecular weight is 439 g/mol. The Labute approximate surface area is 188 Å². The number of rotatable bonds is 4. The van der Waals surface area contributed by atoms with Crippen molar-refractivity contribution in [3.05, 3.63) is 36.4 Å². The zero-order valence-corrected chi connectivity index (χ0v) is 18.9. The molecule has 4 atom stereocenters. The molecule has 2 N–H and O–H groups in total. The number of hydrogen-bond donors (Lipinski definition) is 2. The number of nitrogens with zero attached hydrogens (tertiary/aromatic N) is 3. The van der Waals surface area contributed by atoms with Crippen molar-refractivity contribution in [1.29, 1.82) is 0 Å². The van der Waals surface area contributed by atoms with Gasteiger partial charge in [-0.2, -0.15) is 0 Å². The Balaban J connectivity index is 1.40. The molecule has 2 heterocycles. The van der Waals surface area contributed by atoms with Crippen LogP contribution >= 0.6 is 0 Å². The fraction of sp³-hybridized carbons (Fsp3) is 0.500. The lowest BCUT2D eigenvalue weighted by Gasteiger charge is -2.37. The number of nitrogens with one attached hydrogen (secondary N) is 1. The van der Waals surface area contributed by atoms with Crippen molar-refractivity contribution in [1.82, 2.24) is 15.1 Å². The lowest BCUT2D eigenvalue weighted by molar-refractivity contribution is -0.114. The van der Waals surface area contributed by atoms with E-state index in [4.69, 9.17) is 4.74 Å². The van der Waals surface area contributed by atoms with Crippen molar-refractivity contribution in [2.75, 3.05) is 11.9 Å². The molecule has 2 aromatic rings. The summed E-state index contributed by atoms with van der Waals surface area (Å²) in [5.74, 6) is 0.982. The summed E-state index contributed by atoms with van der Waals surface area (Å²) in [4.78, 5) is 24.5. The molecule has 1 aliphatic heterocycles. The van der Waals surface area contributed by atoms with Gasteiger partial charge in [-0.3, -0.25) is 4.79 Å². The SMILES string of the molecule is CC(=O)Nc1ccc(-c2ccc(O[C@H]3C[C@H]4CN(C(=O)O)C(C(C)(C)C)[C@H]4C3)nn2)cc1. The van der Waals surface area contributed by atoms with Crippen molar-refractivity contribution < 1.29 is 19.4 Å². The summed E-state index contributed by atoms with van der Waals surface area (Å²) in [6.07, 6.45) is 0.839. The van der Waals surface area contributed by atoms with E-state index >= 15 is 0 Å². The van der Waals surface area contributed by atoms with Crippen LogP contribution in [-0.4, -0.2) is 50.9 Å². The summed E-state index contributed by atoms with van der Waals surface area (Å²) < 4.78 is 6.14. The number of anilines is 1. The molecule has 2 aliphatic rings. The van der Waals surface area contributed by atoms with Crippen LogP contribution in [0.4, 0.5) is 10.5 Å². The summed E-state index contributed by atoms with van der Waals surface area (Å²) in [5, 5.41) is 20.9. The number of likely N-dealkylation sites (tertiary alicyclic amines) is 1. The van der Waals surface area contributed by atoms with Crippen molar-refractivity contribution in [2.45, 2.75) is 52.7 Å². The molecule has 4 rings (SSSR count). The van der Waals surface area contributed by atoms with Crippen molar-refractivity contribution >= 4 is 17.7 Å². The number of amides is 2. The van der Waals surface area contributed by atoms with Gasteiger partial charge in [0.25, 0.3) is 0 Å². The molecule has 8 nitrogen and oxygen atoms in total. The Bertz CT molecular complexity index is 985. The largest absolute Gasteiger partial charge is 0.473 e. The van der Waals surface area contributed by atoms with Crippen molar-refractivity contribution in [2.24, 2.45) is 17.3 Å². The van der Waals surface area contributed by atoms with Crippen LogP contribution < -0.4 is 10.1 Å². The van der Waals surface area contributed by atoms with E-state index < -0.39 is 6.09 Å². The highest BCUT2D eigenvalue weighted by Crippen LogP contribution is 2.48. The predicted molar refractivity (Wildman–Crippen MR) is 120 cm³/mol. The minimum Gasteiger partial charge on any atom is -0.473 e. The first-order chi connectivity index (χ1) is 15.1. The molecule has 1 aromatic carbocycles. The van der Waals surface area contributed by atoms with Gasteiger partial charge in [-0.05, 0) is 48.3 Å². The zero-order chi connectivity index (χ0) is 23.0. The second-order valence-corrected chi connectivity index (χ2v) is 9.90. The van der Waals surface area contributed by atoms with E-state index in [-0.39, 0.29) is 23.5 Å². The molecule has 1 aliphatic carbocycles. The van der Waals surface area contributed by atoms with Gasteiger partial charge >= 0.3 is 6.09 Å². The molecule has 1 unspecified atom stereocenters. The van der Waals surface area contributed by atoms with Crippen LogP contribution in [0.2, 0.25) is 0 Å². The minimum atomic E-state index is -0.830. The van der Waals surface area contributed by atoms with Crippen LogP contribution in [0.3, 0.4) is 0 Å². The second-order valence-electron chi connectivity index (χ2n) is 9.90. The highest BCUT2D eigenvalue weighted by molar-refractivity contribution is 5.88. The summed E-state index contributed by atoms with van der Waals surface area (Å²) in [5.41, 5.74) is 2.23. The highest BCUT2D eigenvalue weighted by atomic mass is 16.5. The van der Waals surface area contributed by atoms with Gasteiger partial charge in [-0.25, -0.2) is 4.79 Å². The first kappa shape index (κ1) is 22.0. The molecule has 2 amide bonds. The summed E-state index contributed by atoms with van der Waals surface area (Å²) in [6, 6.07) is 11.1. The van der Waals surface area contributed by atoms with E-state index in [1.807, 2.05) is 36.4 Å². The molecule has 1 saturated heterocycles. The summed E-state index contributed by atoms with van der Waals surface area (Å²) in [7, 11) is 0. The molecule has 170 valence electrons. The molecular weight excluding hydrogens is 408 g/mol. The van der Waals surface area contributed by atoms with Crippen LogP contribution in [0.15, 0.2) is 36.4 Å². The fourth-order valence-corrected chi connectivity index (χ4v) is 5.34. The van der Waals surface area contributed by atoms with Gasteiger partial charge in [-0.1, -0.05) is 32.9 Å². The maximum Gasteiger partial charge on any atom is 0.407 e. The molecule has 0 bridgehead atoms. The number of aromatic nitrogens is 2. The number of carboxylic acid groups (broad SMARTS) is 1. The van der Waals surface area contributed by atoms with Crippen LogP contribution in [0.25, 0.3) is 11.3 Å². The van der Waals surface area contributed by atoms with E-state index in [1.165, 1.54) is 6.92 Å². The monoisotopic (exact) mass is 438 g/mol. The maximum atomic E-state index is 11.7. The standard InChI is InChI=1S/C24H30N4O4/c1-14(29)25-17-7-5-15(6-8-17)20-9-10-21(27-26-20)32-18-11-16-13-28(23(30)31)22(19(16)12-18)24(2,3)4/h5-10,16,18-19,22H,11-13H2,1-4H3,(H,25,29)(H,30,31)/t16-,18-,19-,22?/m0/s1. The van der Waals surface area contributed by atoms with Crippen LogP contribution in [0, 0.1) is 17.3 Å². The van der Waals surface area contributed by atoms with Crippen LogP contribution in [0.1, 0.15) is 40.5 Å². The number of carbonyl (C=O) groups excluding carboxylic acids is 1. The molecule has 2 fully saturated rings. The molecule has 1 saturated carbocycles. The number of fused-ring (bicyclic) bond motifs is 1. The predicted octanol–water partition coefficient (Wildman–Crippen LogP) is 4.28. The lowest BCUT2D eigenvalue weighted by atomic mass is 9.77. The Morgan fingerprint density at radius 1 is 1.09 bits per heavy atom. The van der Waals surface area contributed by atoms with Crippen LogP contribution in [0.5, 0.6) is 5.88 Å². The maximum absolute atomic E-state index is 11.7. The van der Waals surface area contributed by atoms with Crippen molar-refractivity contribution in [3.63, 3.8) is 0 Å². The normalized spacial score (nSPS) is 24.8. The number of hydrogen-bond acceptors (Lipinski definition) is 5. The van der Waals surface area contributed by atoms with Gasteiger partial charge in [0.2, 0.25) is 11.8 Å². The van der Waals surface area contributed by atoms with Gasteiger partial charge in [0.15, 0.2) is 0 Å².